The number of nitrogens with zero attached hydrogens (tertiary/aromatic N) is 2. The molecular weight excluding hydrogens is 632 g/mol. The second kappa shape index (κ2) is 20.1. The molecule has 0 saturated carbocycles. The topological polar surface area (TPSA) is 156 Å². The van der Waals surface area contributed by atoms with Crippen LogP contribution in [-0.4, -0.2) is 72.5 Å². The minimum absolute atomic E-state index is 0.0666. The molecule has 1 saturated heterocycles. The highest BCUT2D eigenvalue weighted by molar-refractivity contribution is 7.85. The molecule has 0 spiro atoms. The lowest BCUT2D eigenvalue weighted by atomic mass is 9.82. The smallest absolute Gasteiger partial charge is 0.294 e. The first-order valence-electron chi connectivity index (χ1n) is 16.6. The Bertz CT molecular complexity index is 1420. The number of hydroxylamine groups is 1. The molecule has 0 radical (unpaired) electrons. The van der Waals surface area contributed by atoms with E-state index >= 15 is 0 Å². The van der Waals surface area contributed by atoms with Crippen LogP contribution in [-0.2, 0) is 24.5 Å². The van der Waals surface area contributed by atoms with Gasteiger partial charge in [-0.1, -0.05) is 87.9 Å². The van der Waals surface area contributed by atoms with E-state index in [1.807, 2.05) is 77.1 Å². The second-order valence-corrected chi connectivity index (χ2v) is 14.9. The van der Waals surface area contributed by atoms with Gasteiger partial charge >= 0.3 is 0 Å². The largest absolute Gasteiger partial charge is 0.306 e. The monoisotopic (exact) mass is 686 g/mol. The van der Waals surface area contributed by atoms with E-state index in [9.17, 15) is 28.0 Å². The second-order valence-electron chi connectivity index (χ2n) is 13.5. The van der Waals surface area contributed by atoms with Crippen LogP contribution in [0.5, 0.6) is 0 Å². The summed E-state index contributed by atoms with van der Waals surface area (Å²) in [5.41, 5.74) is 6.56. The lowest BCUT2D eigenvalue weighted by molar-refractivity contribution is -0.148. The maximum Gasteiger partial charge on any atom is 0.294 e. The summed E-state index contributed by atoms with van der Waals surface area (Å²) in [6, 6.07) is 15.7. The number of carbonyl (C=O) groups is 3. The Balaban J connectivity index is 0.000000613. The van der Waals surface area contributed by atoms with Gasteiger partial charge in [-0.15, -0.1) is 0 Å². The zero-order chi connectivity index (χ0) is 35.9. The number of piperidine rings is 1. The Morgan fingerprint density at radius 3 is 2.06 bits per heavy atom. The normalized spacial score (nSPS) is 15.5. The first-order chi connectivity index (χ1) is 22.6. The summed E-state index contributed by atoms with van der Waals surface area (Å²) < 4.78 is 29.6. The van der Waals surface area contributed by atoms with E-state index in [2.05, 4.69) is 17.4 Å². The van der Waals surface area contributed by atoms with Crippen LogP contribution in [0.15, 0.2) is 65.6 Å². The van der Waals surface area contributed by atoms with Gasteiger partial charge < -0.3 is 4.90 Å². The molecule has 1 heterocycles. The molecule has 3 amide bonds. The highest BCUT2D eigenvalue weighted by atomic mass is 32.2. The molecule has 4 N–H and O–H groups in total. The van der Waals surface area contributed by atoms with Crippen LogP contribution >= 0.6 is 0 Å². The highest BCUT2D eigenvalue weighted by Gasteiger charge is 2.35. The number of hydrazine groups is 1. The number of rotatable bonds is 13. The summed E-state index contributed by atoms with van der Waals surface area (Å²) in [6.07, 6.45) is 6.81. The average Bonchev–Trinajstić information content (AvgIpc) is 3.03. The van der Waals surface area contributed by atoms with Crippen LogP contribution in [0.1, 0.15) is 70.9 Å². The SMILES string of the molecule is CC(C)C[C@@H](C(=O)NN(CC(C)C)C(=O)CC1CCN(C)CC1)[C@H](C/C=C/c1ccccc1)C(=O)NO.Cc1ccc(S(=O)(=O)O)cc1. The van der Waals surface area contributed by atoms with Gasteiger partial charge in [0.25, 0.3) is 10.1 Å². The maximum atomic E-state index is 13.6. The zero-order valence-electron chi connectivity index (χ0n) is 29.1. The lowest BCUT2D eigenvalue weighted by Crippen LogP contribution is -2.52. The molecule has 3 rings (SSSR count). The van der Waals surface area contributed by atoms with Gasteiger partial charge in [0.2, 0.25) is 17.7 Å². The van der Waals surface area contributed by atoms with Crippen molar-refractivity contribution < 1.29 is 32.6 Å². The highest BCUT2D eigenvalue weighted by Crippen LogP contribution is 2.26. The van der Waals surface area contributed by atoms with Crippen molar-refractivity contribution in [3.63, 3.8) is 0 Å². The molecule has 1 aliphatic rings. The summed E-state index contributed by atoms with van der Waals surface area (Å²) in [5, 5.41) is 10.9. The predicted octanol–water partition coefficient (Wildman–Crippen LogP) is 5.36. The van der Waals surface area contributed by atoms with E-state index in [0.717, 1.165) is 37.1 Å². The number of carbonyl (C=O) groups excluding carboxylic acids is 3. The summed E-state index contributed by atoms with van der Waals surface area (Å²) in [7, 11) is -1.93. The van der Waals surface area contributed by atoms with Crippen molar-refractivity contribution in [1.82, 2.24) is 20.8 Å². The molecule has 2 aromatic rings. The van der Waals surface area contributed by atoms with Crippen LogP contribution in [0.25, 0.3) is 6.08 Å². The third-order valence-electron chi connectivity index (χ3n) is 8.21. The number of hydrogen-bond donors (Lipinski definition) is 4. The number of benzene rings is 2. The molecule has 266 valence electrons. The Labute approximate surface area is 286 Å². The van der Waals surface area contributed by atoms with E-state index in [4.69, 9.17) is 4.55 Å². The van der Waals surface area contributed by atoms with Crippen molar-refractivity contribution in [2.75, 3.05) is 26.7 Å². The molecule has 48 heavy (non-hydrogen) atoms. The van der Waals surface area contributed by atoms with Gasteiger partial charge in [0.05, 0.1) is 16.7 Å². The molecular formula is C36H54N4O7S. The molecule has 0 aromatic heterocycles. The number of nitrogens with one attached hydrogen (secondary N) is 2. The van der Waals surface area contributed by atoms with Crippen molar-refractivity contribution in [3.8, 4) is 0 Å². The number of allylic oxidation sites excluding steroid dienone is 1. The van der Waals surface area contributed by atoms with Crippen molar-refractivity contribution in [1.29, 1.82) is 0 Å². The van der Waals surface area contributed by atoms with E-state index < -0.39 is 27.9 Å². The summed E-state index contributed by atoms with van der Waals surface area (Å²) >= 11 is 0. The Hall–Kier alpha value is -3.58. The summed E-state index contributed by atoms with van der Waals surface area (Å²) in [4.78, 5) is 41.8. The van der Waals surface area contributed by atoms with Crippen LogP contribution in [0.4, 0.5) is 0 Å². The standard InChI is InChI=1S/C29H46N4O4.C7H8O3S/c1-21(2)18-26(25(29(36)31-37)13-9-12-23-10-7-6-8-11-23)28(35)30-33(20-22(3)4)27(34)19-24-14-16-32(5)17-15-24;1-6-2-4-7(5-3-6)11(8,9)10/h6-12,21-22,24-26,37H,13-20H2,1-5H3,(H,30,35)(H,31,36);2-5H,1H3,(H,8,9,10)/b12-9+;/t25-,26+;/m0./s1. The van der Waals surface area contributed by atoms with Crippen LogP contribution < -0.4 is 10.9 Å². The van der Waals surface area contributed by atoms with E-state index in [1.165, 1.54) is 17.1 Å². The van der Waals surface area contributed by atoms with Gasteiger partial charge in [-0.25, -0.2) is 5.48 Å². The molecule has 0 bridgehead atoms. The molecule has 1 aliphatic heterocycles. The molecule has 0 unspecified atom stereocenters. The first-order valence-corrected chi connectivity index (χ1v) is 18.0. The van der Waals surface area contributed by atoms with Gasteiger partial charge in [0, 0.05) is 13.0 Å². The van der Waals surface area contributed by atoms with Gasteiger partial charge in [0.15, 0.2) is 0 Å². The van der Waals surface area contributed by atoms with E-state index in [-0.39, 0.29) is 35.0 Å². The summed E-state index contributed by atoms with van der Waals surface area (Å²) in [5.74, 6) is -1.95. The van der Waals surface area contributed by atoms with E-state index in [1.54, 1.807) is 17.6 Å². The van der Waals surface area contributed by atoms with E-state index in [0.29, 0.717) is 25.3 Å². The van der Waals surface area contributed by atoms with Crippen molar-refractivity contribution in [2.24, 2.45) is 29.6 Å². The van der Waals surface area contributed by atoms with Gasteiger partial charge in [-0.05, 0) is 88.2 Å². The molecule has 12 heteroatoms. The Kier molecular flexibility index (Phi) is 17.0. The fraction of sp³-hybridized carbons (Fsp3) is 0.528. The van der Waals surface area contributed by atoms with Gasteiger partial charge in [-0.3, -0.25) is 34.6 Å². The quantitative estimate of drug-likeness (QED) is 0.125. The third-order valence-corrected chi connectivity index (χ3v) is 9.08. The predicted molar refractivity (Wildman–Crippen MR) is 187 cm³/mol. The lowest BCUT2D eigenvalue weighted by Gasteiger charge is -2.33. The van der Waals surface area contributed by atoms with Gasteiger partial charge in [-0.2, -0.15) is 8.42 Å². The Morgan fingerprint density at radius 2 is 1.54 bits per heavy atom. The molecule has 1 fully saturated rings. The van der Waals surface area contributed by atoms with Crippen LogP contribution in [0.3, 0.4) is 0 Å². The fourth-order valence-electron chi connectivity index (χ4n) is 5.54. The first kappa shape index (κ1) is 40.6. The van der Waals surface area contributed by atoms with Gasteiger partial charge in [0.1, 0.15) is 0 Å². The molecule has 0 aliphatic carbocycles. The van der Waals surface area contributed by atoms with Crippen molar-refractivity contribution in [2.45, 2.75) is 71.6 Å². The minimum Gasteiger partial charge on any atom is -0.306 e. The van der Waals surface area contributed by atoms with Crippen molar-refractivity contribution >= 4 is 33.9 Å². The van der Waals surface area contributed by atoms with Crippen LogP contribution in [0.2, 0.25) is 0 Å². The fourth-order valence-corrected chi connectivity index (χ4v) is 6.02. The zero-order valence-corrected chi connectivity index (χ0v) is 29.9. The number of likely N-dealkylation sites (tertiary alicyclic amines) is 1. The average molecular weight is 687 g/mol. The van der Waals surface area contributed by atoms with Crippen LogP contribution in [0, 0.1) is 36.5 Å². The summed E-state index contributed by atoms with van der Waals surface area (Å²) in [6.45, 7) is 12.2. The maximum absolute atomic E-state index is 13.6. The molecule has 2 aromatic carbocycles. The number of amides is 3. The third kappa shape index (κ3) is 14.7. The van der Waals surface area contributed by atoms with Crippen molar-refractivity contribution in [3.05, 3.63) is 71.8 Å². The Morgan fingerprint density at radius 1 is 0.938 bits per heavy atom. The molecule has 2 atom stereocenters. The minimum atomic E-state index is -4.02. The number of aryl methyl sites for hydroxylation is 1. The number of hydrogen-bond acceptors (Lipinski definition) is 7. The molecule has 11 nitrogen and oxygen atoms in total.